The molecule has 0 spiro atoms. The minimum Gasteiger partial charge on any atom is -0.497 e. The number of methoxy groups -OCH3 is 2. The second kappa shape index (κ2) is 8.02. The monoisotopic (exact) mass is 406 g/mol. The minimum atomic E-state index is -1.27. The number of hydrogen-bond donors (Lipinski definition) is 1. The van der Waals surface area contributed by atoms with Gasteiger partial charge in [-0.3, -0.25) is 4.79 Å². The third-order valence-electron chi connectivity index (χ3n) is 5.24. The van der Waals surface area contributed by atoms with E-state index in [1.165, 1.54) is 4.68 Å². The maximum atomic E-state index is 13.0. The quantitative estimate of drug-likeness (QED) is 0.643. The number of aromatic carboxylic acids is 1. The molecule has 1 aliphatic rings. The Hall–Kier alpha value is -3.61. The molecule has 1 aromatic heterocycles. The molecule has 0 saturated heterocycles. The van der Waals surface area contributed by atoms with Crippen LogP contribution in [0.15, 0.2) is 53.3 Å². The normalized spacial score (nSPS) is 13.1. The first-order valence-corrected chi connectivity index (χ1v) is 9.69. The standard InChI is InChI=1S/C23H22N2O5/c1-29-17-9-5-15(6-10-17)19-20(23(27)28)22(26)25(13-14-3-4-14)24-21(19)16-7-11-18(30-2)12-8-16/h5-12,14H,3-4,13H2,1-2H3,(H,27,28). The lowest BCUT2D eigenvalue weighted by molar-refractivity contribution is 0.0694. The first kappa shape index (κ1) is 19.7. The van der Waals surface area contributed by atoms with Gasteiger partial charge in [-0.15, -0.1) is 0 Å². The van der Waals surface area contributed by atoms with Crippen molar-refractivity contribution in [3.05, 3.63) is 64.4 Å². The maximum absolute atomic E-state index is 13.0. The van der Waals surface area contributed by atoms with Crippen LogP contribution in [0.5, 0.6) is 11.5 Å². The topological polar surface area (TPSA) is 90.7 Å². The third-order valence-corrected chi connectivity index (χ3v) is 5.24. The van der Waals surface area contributed by atoms with E-state index in [0.717, 1.165) is 12.8 Å². The molecule has 7 heteroatoms. The second-order valence-corrected chi connectivity index (χ2v) is 7.29. The maximum Gasteiger partial charge on any atom is 0.342 e. The number of carboxylic acids is 1. The summed E-state index contributed by atoms with van der Waals surface area (Å²) in [5.74, 6) is 0.408. The lowest BCUT2D eigenvalue weighted by atomic mass is 9.95. The largest absolute Gasteiger partial charge is 0.497 e. The molecule has 154 valence electrons. The van der Waals surface area contributed by atoms with Crippen LogP contribution in [0, 0.1) is 5.92 Å². The molecule has 0 amide bonds. The number of nitrogens with zero attached hydrogens (tertiary/aromatic N) is 2. The van der Waals surface area contributed by atoms with Gasteiger partial charge in [0.25, 0.3) is 5.56 Å². The van der Waals surface area contributed by atoms with Crippen molar-refractivity contribution in [2.75, 3.05) is 14.2 Å². The van der Waals surface area contributed by atoms with Crippen molar-refractivity contribution in [1.29, 1.82) is 0 Å². The fourth-order valence-corrected chi connectivity index (χ4v) is 3.43. The summed E-state index contributed by atoms with van der Waals surface area (Å²) in [6, 6.07) is 14.1. The van der Waals surface area contributed by atoms with E-state index in [2.05, 4.69) is 5.10 Å². The summed E-state index contributed by atoms with van der Waals surface area (Å²) in [5, 5.41) is 14.6. The molecule has 30 heavy (non-hydrogen) atoms. The van der Waals surface area contributed by atoms with Crippen LogP contribution in [0.4, 0.5) is 0 Å². The molecule has 0 radical (unpaired) electrons. The van der Waals surface area contributed by atoms with Gasteiger partial charge in [0.1, 0.15) is 17.1 Å². The molecule has 7 nitrogen and oxygen atoms in total. The summed E-state index contributed by atoms with van der Waals surface area (Å²) >= 11 is 0. The van der Waals surface area contributed by atoms with Gasteiger partial charge in [0.05, 0.1) is 19.9 Å². The van der Waals surface area contributed by atoms with Crippen molar-refractivity contribution in [3.8, 4) is 33.9 Å². The summed E-state index contributed by atoms with van der Waals surface area (Å²) in [6.07, 6.45) is 2.04. The second-order valence-electron chi connectivity index (χ2n) is 7.29. The molecule has 1 N–H and O–H groups in total. The summed E-state index contributed by atoms with van der Waals surface area (Å²) in [7, 11) is 3.13. The van der Waals surface area contributed by atoms with E-state index in [0.29, 0.717) is 46.3 Å². The fourth-order valence-electron chi connectivity index (χ4n) is 3.43. The summed E-state index contributed by atoms with van der Waals surface area (Å²) in [4.78, 5) is 25.2. The summed E-state index contributed by atoms with van der Waals surface area (Å²) in [5.41, 5.74) is 1.17. The molecule has 1 saturated carbocycles. The van der Waals surface area contributed by atoms with E-state index in [4.69, 9.17) is 9.47 Å². The number of ether oxygens (including phenoxy) is 2. The van der Waals surface area contributed by atoms with Crippen molar-refractivity contribution in [2.45, 2.75) is 19.4 Å². The van der Waals surface area contributed by atoms with Gasteiger partial charge in [-0.25, -0.2) is 9.48 Å². The molecular weight excluding hydrogens is 384 g/mol. The van der Waals surface area contributed by atoms with E-state index < -0.39 is 11.5 Å². The van der Waals surface area contributed by atoms with E-state index in [-0.39, 0.29) is 5.56 Å². The highest BCUT2D eigenvalue weighted by Gasteiger charge is 2.28. The number of hydrogen-bond acceptors (Lipinski definition) is 5. The van der Waals surface area contributed by atoms with Crippen LogP contribution in [0.25, 0.3) is 22.4 Å². The van der Waals surface area contributed by atoms with Crippen molar-refractivity contribution in [1.82, 2.24) is 9.78 Å². The molecule has 0 bridgehead atoms. The van der Waals surface area contributed by atoms with E-state index in [9.17, 15) is 14.7 Å². The first-order chi connectivity index (χ1) is 14.5. The van der Waals surface area contributed by atoms with Gasteiger partial charge in [-0.2, -0.15) is 5.10 Å². The van der Waals surface area contributed by atoms with Crippen LogP contribution in [0.2, 0.25) is 0 Å². The smallest absolute Gasteiger partial charge is 0.342 e. The van der Waals surface area contributed by atoms with Crippen LogP contribution in [0.1, 0.15) is 23.2 Å². The lowest BCUT2D eigenvalue weighted by Crippen LogP contribution is -2.31. The molecule has 0 aliphatic heterocycles. The molecule has 0 atom stereocenters. The Bertz CT molecular complexity index is 1130. The minimum absolute atomic E-state index is 0.276. The van der Waals surface area contributed by atoms with Gasteiger partial charge in [0.15, 0.2) is 0 Å². The molecule has 1 heterocycles. The Labute approximate surface area is 173 Å². The average molecular weight is 406 g/mol. The number of rotatable bonds is 7. The fraction of sp³-hybridized carbons (Fsp3) is 0.261. The Morgan fingerprint density at radius 3 is 2.00 bits per heavy atom. The molecule has 0 unspecified atom stereocenters. The predicted octanol–water partition coefficient (Wildman–Crippen LogP) is 3.70. The lowest BCUT2D eigenvalue weighted by Gasteiger charge is -2.16. The van der Waals surface area contributed by atoms with Crippen LogP contribution in [-0.2, 0) is 6.54 Å². The van der Waals surface area contributed by atoms with Gasteiger partial charge in [-0.1, -0.05) is 12.1 Å². The van der Waals surface area contributed by atoms with Crippen LogP contribution >= 0.6 is 0 Å². The Morgan fingerprint density at radius 1 is 1.00 bits per heavy atom. The number of benzene rings is 2. The van der Waals surface area contributed by atoms with Crippen LogP contribution < -0.4 is 15.0 Å². The highest BCUT2D eigenvalue weighted by atomic mass is 16.5. The summed E-state index contributed by atoms with van der Waals surface area (Å²) < 4.78 is 11.7. The predicted molar refractivity (Wildman–Crippen MR) is 112 cm³/mol. The highest BCUT2D eigenvalue weighted by Crippen LogP contribution is 2.35. The average Bonchev–Trinajstić information content (AvgIpc) is 3.59. The zero-order valence-electron chi connectivity index (χ0n) is 16.8. The summed E-state index contributed by atoms with van der Waals surface area (Å²) in [6.45, 7) is 0.422. The number of carboxylic acid groups (broad SMARTS) is 1. The first-order valence-electron chi connectivity index (χ1n) is 9.69. The van der Waals surface area contributed by atoms with E-state index in [1.807, 2.05) is 12.1 Å². The Morgan fingerprint density at radius 2 is 1.53 bits per heavy atom. The van der Waals surface area contributed by atoms with Crippen molar-refractivity contribution in [3.63, 3.8) is 0 Å². The zero-order chi connectivity index (χ0) is 21.3. The SMILES string of the molecule is COc1ccc(-c2nn(CC3CC3)c(=O)c(C(=O)O)c2-c2ccc(OC)cc2)cc1. The van der Waals surface area contributed by atoms with Gasteiger partial charge in [0, 0.05) is 17.7 Å². The molecule has 1 fully saturated rings. The van der Waals surface area contributed by atoms with Crippen molar-refractivity contribution >= 4 is 5.97 Å². The van der Waals surface area contributed by atoms with Gasteiger partial charge in [0.2, 0.25) is 0 Å². The van der Waals surface area contributed by atoms with E-state index in [1.54, 1.807) is 50.6 Å². The van der Waals surface area contributed by atoms with Crippen molar-refractivity contribution < 1.29 is 19.4 Å². The van der Waals surface area contributed by atoms with E-state index >= 15 is 0 Å². The number of aromatic nitrogens is 2. The molecule has 1 aliphatic carbocycles. The highest BCUT2D eigenvalue weighted by molar-refractivity contribution is 5.99. The number of carbonyl (C=O) groups is 1. The van der Waals surface area contributed by atoms with Crippen LogP contribution in [-0.4, -0.2) is 35.1 Å². The van der Waals surface area contributed by atoms with Crippen molar-refractivity contribution in [2.24, 2.45) is 5.92 Å². The third kappa shape index (κ3) is 3.78. The van der Waals surface area contributed by atoms with Gasteiger partial charge >= 0.3 is 5.97 Å². The Kier molecular flexibility index (Phi) is 5.27. The van der Waals surface area contributed by atoms with Gasteiger partial charge < -0.3 is 14.6 Å². The molecule has 3 aromatic rings. The molecule has 4 rings (SSSR count). The van der Waals surface area contributed by atoms with Crippen LogP contribution in [0.3, 0.4) is 0 Å². The van der Waals surface area contributed by atoms with Gasteiger partial charge in [-0.05, 0) is 60.7 Å². The molecule has 2 aromatic carbocycles. The molecular formula is C23H22N2O5. The Balaban J connectivity index is 1.98. The zero-order valence-corrected chi connectivity index (χ0v) is 16.8.